The molecule has 218 valence electrons. The second-order valence-electron chi connectivity index (χ2n) is 10.7. The first-order valence-corrected chi connectivity index (χ1v) is 15.3. The number of sulfone groups is 1. The first-order valence-electron chi connectivity index (χ1n) is 13.7. The summed E-state index contributed by atoms with van der Waals surface area (Å²) < 4.78 is 59.3. The number of carbonyl (C=O) groups is 1. The largest absolute Gasteiger partial charge is 0.372 e. The van der Waals surface area contributed by atoms with Gasteiger partial charge in [0.25, 0.3) is 5.91 Å². The summed E-state index contributed by atoms with van der Waals surface area (Å²) in [7, 11) is -4.35. The van der Waals surface area contributed by atoms with Crippen molar-refractivity contribution in [2.45, 2.75) is 55.8 Å². The Morgan fingerprint density at radius 1 is 1.07 bits per heavy atom. The quantitative estimate of drug-likeness (QED) is 0.363. The van der Waals surface area contributed by atoms with Crippen LogP contribution in [-0.2, 0) is 27.5 Å². The maximum atomic E-state index is 14.6. The zero-order chi connectivity index (χ0) is 29.6. The van der Waals surface area contributed by atoms with Crippen LogP contribution < -0.4 is 10.2 Å². The molecule has 5 heterocycles. The van der Waals surface area contributed by atoms with E-state index in [4.69, 9.17) is 14.7 Å². The molecule has 42 heavy (non-hydrogen) atoms. The molecule has 0 spiro atoms. The van der Waals surface area contributed by atoms with Crippen LogP contribution in [0.4, 0.5) is 14.6 Å². The number of nitrogens with one attached hydrogen (secondary N) is 1. The van der Waals surface area contributed by atoms with Gasteiger partial charge in [0, 0.05) is 35.8 Å². The highest BCUT2D eigenvalue weighted by molar-refractivity contribution is 7.92. The number of benzene rings is 1. The van der Waals surface area contributed by atoms with Gasteiger partial charge in [-0.3, -0.25) is 9.78 Å². The normalized spacial score (nSPS) is 21.6. The van der Waals surface area contributed by atoms with Crippen LogP contribution in [0.5, 0.6) is 0 Å². The Hall–Kier alpha value is -4.03. The summed E-state index contributed by atoms with van der Waals surface area (Å²) in [4.78, 5) is 28.6. The lowest BCUT2D eigenvalue weighted by Crippen LogP contribution is -2.45. The molecule has 1 fully saturated rings. The second-order valence-corrected chi connectivity index (χ2v) is 12.8. The van der Waals surface area contributed by atoms with Crippen molar-refractivity contribution in [3.63, 3.8) is 0 Å². The lowest BCUT2D eigenvalue weighted by atomic mass is 10.1. The van der Waals surface area contributed by atoms with Crippen LogP contribution in [-0.4, -0.2) is 60.1 Å². The first-order chi connectivity index (χ1) is 20.1. The molecule has 0 saturated carbocycles. The minimum atomic E-state index is -4.35. The number of carbonyl (C=O) groups excluding carboxylic acids is 1. The number of rotatable bonds is 5. The minimum Gasteiger partial charge on any atom is -0.372 e. The molecular formula is C30H29F2N5O4S. The molecule has 4 aromatic rings. The molecule has 1 aromatic carbocycles. The number of halogens is 2. The number of alkyl halides is 1. The maximum absolute atomic E-state index is 14.6. The van der Waals surface area contributed by atoms with E-state index in [1.807, 2.05) is 44.2 Å². The topological polar surface area (TPSA) is 114 Å². The monoisotopic (exact) mass is 593 g/mol. The lowest BCUT2D eigenvalue weighted by molar-refractivity contribution is -0.00545. The van der Waals surface area contributed by atoms with Crippen LogP contribution in [0.25, 0.3) is 22.3 Å². The van der Waals surface area contributed by atoms with Gasteiger partial charge in [-0.25, -0.2) is 27.2 Å². The average molecular weight is 594 g/mol. The van der Waals surface area contributed by atoms with E-state index in [9.17, 15) is 22.0 Å². The van der Waals surface area contributed by atoms with Crippen molar-refractivity contribution in [1.82, 2.24) is 20.3 Å². The molecule has 0 unspecified atom stereocenters. The van der Waals surface area contributed by atoms with Crippen molar-refractivity contribution >= 4 is 32.5 Å². The Bertz CT molecular complexity index is 1790. The van der Waals surface area contributed by atoms with Gasteiger partial charge in [-0.15, -0.1) is 0 Å². The summed E-state index contributed by atoms with van der Waals surface area (Å²) in [5.74, 6) is -0.698. The summed E-state index contributed by atoms with van der Waals surface area (Å²) in [6.07, 6.45) is 1.48. The van der Waals surface area contributed by atoms with E-state index >= 15 is 0 Å². The lowest BCUT2D eigenvalue weighted by Gasteiger charge is -2.36. The van der Waals surface area contributed by atoms with Crippen molar-refractivity contribution < 1.29 is 26.7 Å². The molecule has 0 bridgehead atoms. The molecule has 3 aromatic heterocycles. The number of pyridine rings is 3. The fraction of sp³-hybridized carbons (Fsp3) is 0.333. The molecule has 2 aliphatic rings. The van der Waals surface area contributed by atoms with Crippen molar-refractivity contribution in [3.8, 4) is 11.4 Å². The Kier molecular flexibility index (Phi) is 7.36. The van der Waals surface area contributed by atoms with E-state index in [-0.39, 0.29) is 42.7 Å². The molecule has 2 aliphatic heterocycles. The molecule has 9 nitrogen and oxygen atoms in total. The van der Waals surface area contributed by atoms with E-state index in [2.05, 4.69) is 15.2 Å². The summed E-state index contributed by atoms with van der Waals surface area (Å²) in [5.41, 5.74) is 0.115. The SMILES string of the molecule is C[C@@H]1CN(c2cccc(-c3ccc4cnc(CNC(=O)c5cc(F)c6c(c5)S(=O)(=O)[C@@H](F)CC6)cc4n3)n2)C[C@H](C)O1. The van der Waals surface area contributed by atoms with E-state index in [1.54, 1.807) is 12.3 Å². The third-order valence-corrected chi connectivity index (χ3v) is 9.37. The van der Waals surface area contributed by atoms with Gasteiger partial charge in [-0.2, -0.15) is 0 Å². The van der Waals surface area contributed by atoms with E-state index in [0.717, 1.165) is 36.4 Å². The van der Waals surface area contributed by atoms with Crippen LogP contribution in [0.15, 0.2) is 59.6 Å². The van der Waals surface area contributed by atoms with Gasteiger partial charge < -0.3 is 15.0 Å². The highest BCUT2D eigenvalue weighted by Gasteiger charge is 2.36. The Balaban J connectivity index is 1.21. The standard InChI is InChI=1S/C30H29F2N5O4S/c1-17-15-37(16-18(2)41-17)29-5-3-4-24(36-29)25-8-6-19-13-33-21(12-26(19)35-25)14-34-30(38)20-10-23(31)22-7-9-28(32)42(39,40)27(22)11-20/h3-6,8,10-13,17-18,28H,7,9,14-16H2,1-2H3,(H,34,38)/t17-,18+,28-/m1/s1. The number of ether oxygens (including phenoxy) is 1. The van der Waals surface area contributed by atoms with Gasteiger partial charge in [0.15, 0.2) is 0 Å². The molecule has 1 N–H and O–H groups in total. The predicted molar refractivity (Wildman–Crippen MR) is 153 cm³/mol. The summed E-state index contributed by atoms with van der Waals surface area (Å²) in [6, 6.07) is 13.3. The third-order valence-electron chi connectivity index (χ3n) is 7.48. The van der Waals surface area contributed by atoms with E-state index in [0.29, 0.717) is 22.6 Å². The van der Waals surface area contributed by atoms with Crippen molar-refractivity contribution in [2.75, 3.05) is 18.0 Å². The van der Waals surface area contributed by atoms with Gasteiger partial charge >= 0.3 is 0 Å². The van der Waals surface area contributed by atoms with Crippen molar-refractivity contribution in [2.24, 2.45) is 0 Å². The van der Waals surface area contributed by atoms with Gasteiger partial charge in [0.05, 0.1) is 46.2 Å². The third kappa shape index (κ3) is 5.43. The summed E-state index contributed by atoms with van der Waals surface area (Å²) >= 11 is 0. The summed E-state index contributed by atoms with van der Waals surface area (Å²) in [5, 5.41) is 3.43. The number of amides is 1. The fourth-order valence-electron chi connectivity index (χ4n) is 5.47. The van der Waals surface area contributed by atoms with E-state index < -0.39 is 32.0 Å². The van der Waals surface area contributed by atoms with E-state index in [1.165, 1.54) is 0 Å². The molecule has 1 amide bonds. The Morgan fingerprint density at radius 2 is 1.83 bits per heavy atom. The maximum Gasteiger partial charge on any atom is 0.251 e. The Morgan fingerprint density at radius 3 is 2.62 bits per heavy atom. The van der Waals surface area contributed by atoms with Gasteiger partial charge in [-0.1, -0.05) is 6.07 Å². The highest BCUT2D eigenvalue weighted by atomic mass is 32.2. The Labute approximate surface area is 241 Å². The van der Waals surface area contributed by atoms with Gasteiger partial charge in [0.1, 0.15) is 11.6 Å². The number of nitrogens with zero attached hydrogens (tertiary/aromatic N) is 4. The van der Waals surface area contributed by atoms with Crippen LogP contribution in [0, 0.1) is 5.82 Å². The van der Waals surface area contributed by atoms with Gasteiger partial charge in [-0.05, 0) is 69.2 Å². The smallest absolute Gasteiger partial charge is 0.251 e. The van der Waals surface area contributed by atoms with Crippen molar-refractivity contribution in [1.29, 1.82) is 0 Å². The molecule has 12 heteroatoms. The number of morpholine rings is 1. The highest BCUT2D eigenvalue weighted by Crippen LogP contribution is 2.33. The minimum absolute atomic E-state index is 0.0149. The number of fused-ring (bicyclic) bond motifs is 2. The molecule has 0 radical (unpaired) electrons. The molecular weight excluding hydrogens is 564 g/mol. The number of hydrogen-bond acceptors (Lipinski definition) is 8. The van der Waals surface area contributed by atoms with Crippen molar-refractivity contribution in [3.05, 3.63) is 77.4 Å². The average Bonchev–Trinajstić information content (AvgIpc) is 2.97. The van der Waals surface area contributed by atoms with Crippen LogP contribution >= 0.6 is 0 Å². The molecule has 0 aliphatic carbocycles. The second kappa shape index (κ2) is 11.0. The first kappa shape index (κ1) is 28.1. The van der Waals surface area contributed by atoms with Crippen LogP contribution in [0.3, 0.4) is 0 Å². The number of hydrogen-bond donors (Lipinski definition) is 1. The zero-order valence-electron chi connectivity index (χ0n) is 23.0. The predicted octanol–water partition coefficient (Wildman–Crippen LogP) is 4.39. The van der Waals surface area contributed by atoms with Gasteiger partial charge in [0.2, 0.25) is 15.3 Å². The molecule has 3 atom stereocenters. The number of anilines is 1. The fourth-order valence-corrected chi connectivity index (χ4v) is 7.00. The summed E-state index contributed by atoms with van der Waals surface area (Å²) in [6.45, 7) is 5.57. The molecule has 1 saturated heterocycles. The van der Waals surface area contributed by atoms with Crippen LogP contribution in [0.2, 0.25) is 0 Å². The number of aromatic nitrogens is 3. The van der Waals surface area contributed by atoms with Crippen LogP contribution in [0.1, 0.15) is 41.9 Å². The zero-order valence-corrected chi connectivity index (χ0v) is 23.9. The molecule has 6 rings (SSSR count).